The van der Waals surface area contributed by atoms with Crippen LogP contribution in [0.2, 0.25) is 0 Å². The quantitative estimate of drug-likeness (QED) is 0.619. The lowest BCUT2D eigenvalue weighted by molar-refractivity contribution is -0.275. The van der Waals surface area contributed by atoms with Crippen LogP contribution in [-0.4, -0.2) is 39.0 Å². The first kappa shape index (κ1) is 20.2. The van der Waals surface area contributed by atoms with Crippen LogP contribution in [0.4, 0.5) is 13.2 Å². The summed E-state index contributed by atoms with van der Waals surface area (Å²) in [6.45, 7) is 1.77. The minimum atomic E-state index is -4.80. The molecule has 0 atom stereocenters. The van der Waals surface area contributed by atoms with Gasteiger partial charge in [0.05, 0.1) is 16.6 Å². The van der Waals surface area contributed by atoms with E-state index in [-0.39, 0.29) is 23.8 Å². The molecule has 0 aliphatic heterocycles. The Labute approximate surface area is 171 Å². The third kappa shape index (κ3) is 3.96. The number of benzene rings is 1. The van der Waals surface area contributed by atoms with Crippen molar-refractivity contribution in [3.8, 4) is 5.75 Å². The smallest absolute Gasteiger partial charge is 0.405 e. The Morgan fingerprint density at radius 2 is 2.00 bits per heavy atom. The van der Waals surface area contributed by atoms with Gasteiger partial charge in [0.1, 0.15) is 5.75 Å². The minimum Gasteiger partial charge on any atom is -0.405 e. The highest BCUT2D eigenvalue weighted by molar-refractivity contribution is 6.06. The number of ether oxygens (including phenoxy) is 1. The summed E-state index contributed by atoms with van der Waals surface area (Å²) in [4.78, 5) is 19.4. The van der Waals surface area contributed by atoms with Crippen molar-refractivity contribution in [3.63, 3.8) is 0 Å². The van der Waals surface area contributed by atoms with Crippen molar-refractivity contribution < 1.29 is 22.7 Å². The van der Waals surface area contributed by atoms with Crippen LogP contribution in [0.15, 0.2) is 30.3 Å². The van der Waals surface area contributed by atoms with E-state index >= 15 is 0 Å². The molecule has 1 aromatic carbocycles. The third-order valence-electron chi connectivity index (χ3n) is 5.17. The van der Waals surface area contributed by atoms with Crippen LogP contribution in [0.1, 0.15) is 46.1 Å². The maximum absolute atomic E-state index is 13.3. The predicted molar refractivity (Wildman–Crippen MR) is 104 cm³/mol. The standard InChI is InChI=1S/C21H21F3N4O2/c1-12-18-15(10-16(13-8-9-13)25-19(18)28(3)26-12)20(29)27(2)11-14-6-4-5-7-17(14)30-21(22,23)24/h4-7,10,13H,8-9,11H2,1-3H3. The van der Waals surface area contributed by atoms with Crippen molar-refractivity contribution >= 4 is 16.9 Å². The number of aryl methyl sites for hydroxylation is 2. The lowest BCUT2D eigenvalue weighted by atomic mass is 10.1. The van der Waals surface area contributed by atoms with Crippen LogP contribution >= 0.6 is 0 Å². The van der Waals surface area contributed by atoms with Gasteiger partial charge in [-0.2, -0.15) is 5.10 Å². The minimum absolute atomic E-state index is 0.0347. The van der Waals surface area contributed by atoms with E-state index in [2.05, 4.69) is 14.8 Å². The molecular formula is C21H21F3N4O2. The van der Waals surface area contributed by atoms with Crippen molar-refractivity contribution in [2.75, 3.05) is 7.05 Å². The molecule has 1 aliphatic rings. The summed E-state index contributed by atoms with van der Waals surface area (Å²) in [6, 6.07) is 7.61. The van der Waals surface area contributed by atoms with E-state index < -0.39 is 6.36 Å². The monoisotopic (exact) mass is 418 g/mol. The van der Waals surface area contributed by atoms with Crippen molar-refractivity contribution in [1.29, 1.82) is 0 Å². The molecule has 158 valence electrons. The van der Waals surface area contributed by atoms with E-state index in [0.29, 0.717) is 28.2 Å². The Morgan fingerprint density at radius 1 is 1.30 bits per heavy atom. The second kappa shape index (κ2) is 7.30. The molecule has 0 saturated heterocycles. The predicted octanol–water partition coefficient (Wildman–Crippen LogP) is 4.32. The van der Waals surface area contributed by atoms with Gasteiger partial charge < -0.3 is 9.64 Å². The Hall–Kier alpha value is -3.10. The highest BCUT2D eigenvalue weighted by Gasteiger charge is 2.33. The summed E-state index contributed by atoms with van der Waals surface area (Å²) in [6.07, 6.45) is -2.75. The van der Waals surface area contributed by atoms with E-state index in [1.165, 1.54) is 23.1 Å². The summed E-state index contributed by atoms with van der Waals surface area (Å²) < 4.78 is 43.9. The fourth-order valence-electron chi connectivity index (χ4n) is 3.61. The van der Waals surface area contributed by atoms with Gasteiger partial charge in [-0.1, -0.05) is 18.2 Å². The Bertz CT molecular complexity index is 1120. The molecule has 1 amide bonds. The number of para-hydroxylation sites is 1. The number of fused-ring (bicyclic) bond motifs is 1. The number of carbonyl (C=O) groups excluding carboxylic acids is 1. The summed E-state index contributed by atoms with van der Waals surface area (Å²) in [5.41, 5.74) is 2.89. The normalized spacial score (nSPS) is 14.2. The zero-order valence-corrected chi connectivity index (χ0v) is 16.8. The molecule has 0 N–H and O–H groups in total. The number of rotatable bonds is 5. The summed E-state index contributed by atoms with van der Waals surface area (Å²) in [7, 11) is 3.34. The van der Waals surface area contributed by atoms with E-state index in [0.717, 1.165) is 18.5 Å². The molecule has 9 heteroatoms. The largest absolute Gasteiger partial charge is 0.573 e. The SMILES string of the molecule is Cc1nn(C)c2nc(C3CC3)cc(C(=O)N(C)Cc3ccccc3OC(F)(F)F)c12. The van der Waals surface area contributed by atoms with Crippen LogP contribution < -0.4 is 4.74 Å². The van der Waals surface area contributed by atoms with Gasteiger partial charge in [-0.05, 0) is 31.9 Å². The number of hydrogen-bond donors (Lipinski definition) is 0. The van der Waals surface area contributed by atoms with Crippen LogP contribution in [0.25, 0.3) is 11.0 Å². The van der Waals surface area contributed by atoms with E-state index in [1.54, 1.807) is 30.9 Å². The molecular weight excluding hydrogens is 397 g/mol. The first-order chi connectivity index (χ1) is 14.1. The lowest BCUT2D eigenvalue weighted by Gasteiger charge is -2.20. The van der Waals surface area contributed by atoms with Gasteiger partial charge >= 0.3 is 6.36 Å². The summed E-state index contributed by atoms with van der Waals surface area (Å²) >= 11 is 0. The molecule has 3 aromatic rings. The Kier molecular flexibility index (Phi) is 4.91. The van der Waals surface area contributed by atoms with Crippen molar-refractivity contribution in [1.82, 2.24) is 19.7 Å². The first-order valence-electron chi connectivity index (χ1n) is 9.57. The fraction of sp³-hybridized carbons (Fsp3) is 0.381. The maximum Gasteiger partial charge on any atom is 0.573 e. The van der Waals surface area contributed by atoms with Gasteiger partial charge in [0.25, 0.3) is 5.91 Å². The van der Waals surface area contributed by atoms with E-state index in [9.17, 15) is 18.0 Å². The number of aromatic nitrogens is 3. The molecule has 2 aromatic heterocycles. The van der Waals surface area contributed by atoms with Crippen LogP contribution in [-0.2, 0) is 13.6 Å². The van der Waals surface area contributed by atoms with Crippen molar-refractivity contribution in [2.45, 2.75) is 38.6 Å². The maximum atomic E-state index is 13.3. The molecule has 30 heavy (non-hydrogen) atoms. The second-order valence-electron chi connectivity index (χ2n) is 7.59. The number of alkyl halides is 3. The molecule has 0 unspecified atom stereocenters. The third-order valence-corrected chi connectivity index (χ3v) is 5.17. The molecule has 2 heterocycles. The van der Waals surface area contributed by atoms with Crippen molar-refractivity contribution in [2.24, 2.45) is 7.05 Å². The lowest BCUT2D eigenvalue weighted by Crippen LogP contribution is -2.27. The summed E-state index contributed by atoms with van der Waals surface area (Å²) in [5.74, 6) is -0.287. The zero-order valence-electron chi connectivity index (χ0n) is 16.8. The van der Waals surface area contributed by atoms with Gasteiger partial charge in [-0.15, -0.1) is 13.2 Å². The van der Waals surface area contributed by atoms with Gasteiger partial charge in [0, 0.05) is 37.8 Å². The van der Waals surface area contributed by atoms with Crippen LogP contribution in [0.5, 0.6) is 5.75 Å². The number of hydrogen-bond acceptors (Lipinski definition) is 4. The average molecular weight is 418 g/mol. The molecule has 0 spiro atoms. The zero-order chi connectivity index (χ0) is 21.6. The number of pyridine rings is 1. The molecule has 6 nitrogen and oxygen atoms in total. The van der Waals surface area contributed by atoms with E-state index in [1.807, 2.05) is 6.92 Å². The Morgan fingerprint density at radius 3 is 2.67 bits per heavy atom. The topological polar surface area (TPSA) is 60.2 Å². The average Bonchev–Trinajstić information content (AvgIpc) is 3.47. The molecule has 0 radical (unpaired) electrons. The number of carbonyl (C=O) groups is 1. The number of halogens is 3. The van der Waals surface area contributed by atoms with Crippen LogP contribution in [0.3, 0.4) is 0 Å². The van der Waals surface area contributed by atoms with Crippen LogP contribution in [0, 0.1) is 6.92 Å². The van der Waals surface area contributed by atoms with Gasteiger partial charge in [-0.25, -0.2) is 4.98 Å². The fourth-order valence-corrected chi connectivity index (χ4v) is 3.61. The Balaban J connectivity index is 1.68. The number of amides is 1. The molecule has 1 aliphatic carbocycles. The van der Waals surface area contributed by atoms with Gasteiger partial charge in [-0.3, -0.25) is 9.48 Å². The summed E-state index contributed by atoms with van der Waals surface area (Å²) in [5, 5.41) is 5.06. The van der Waals surface area contributed by atoms with Gasteiger partial charge in [0.15, 0.2) is 5.65 Å². The molecule has 1 fully saturated rings. The molecule has 4 rings (SSSR count). The highest BCUT2D eigenvalue weighted by atomic mass is 19.4. The highest BCUT2D eigenvalue weighted by Crippen LogP contribution is 2.40. The number of nitrogens with zero attached hydrogens (tertiary/aromatic N) is 4. The van der Waals surface area contributed by atoms with Crippen molar-refractivity contribution in [3.05, 3.63) is 52.8 Å². The molecule has 0 bridgehead atoms. The first-order valence-corrected chi connectivity index (χ1v) is 9.57. The molecule has 1 saturated carbocycles. The van der Waals surface area contributed by atoms with E-state index in [4.69, 9.17) is 0 Å². The second-order valence-corrected chi connectivity index (χ2v) is 7.59. The van der Waals surface area contributed by atoms with Gasteiger partial charge in [0.2, 0.25) is 0 Å².